The van der Waals surface area contributed by atoms with Crippen molar-refractivity contribution in [3.05, 3.63) is 77.9 Å². The van der Waals surface area contributed by atoms with Gasteiger partial charge in [0.25, 0.3) is 0 Å². The van der Waals surface area contributed by atoms with Gasteiger partial charge in [0, 0.05) is 5.56 Å². The van der Waals surface area contributed by atoms with E-state index in [0.717, 1.165) is 40.5 Å². The SMILES string of the molecule is CCCCOc1ccc2ccccc2c1/C=N/NC(=O)Cc1ccccc1. The zero-order valence-electron chi connectivity index (χ0n) is 15.5. The molecule has 0 fully saturated rings. The molecule has 0 spiro atoms. The summed E-state index contributed by atoms with van der Waals surface area (Å²) in [6.07, 6.45) is 4.05. The number of hydrogen-bond acceptors (Lipinski definition) is 3. The van der Waals surface area contributed by atoms with Crippen LogP contribution in [0.3, 0.4) is 0 Å². The molecular weight excluding hydrogens is 336 g/mol. The number of amides is 1. The quantitative estimate of drug-likeness (QED) is 0.359. The second kappa shape index (κ2) is 9.53. The molecule has 0 bridgehead atoms. The number of nitrogens with zero attached hydrogens (tertiary/aromatic N) is 1. The van der Waals surface area contributed by atoms with E-state index >= 15 is 0 Å². The molecule has 0 aliphatic heterocycles. The van der Waals surface area contributed by atoms with Crippen molar-refractivity contribution in [1.29, 1.82) is 0 Å². The van der Waals surface area contributed by atoms with E-state index in [-0.39, 0.29) is 5.91 Å². The Hall–Kier alpha value is -3.14. The van der Waals surface area contributed by atoms with Crippen molar-refractivity contribution in [3.63, 3.8) is 0 Å². The largest absolute Gasteiger partial charge is 0.493 e. The van der Waals surface area contributed by atoms with Gasteiger partial charge in [0.15, 0.2) is 0 Å². The molecule has 3 aromatic carbocycles. The van der Waals surface area contributed by atoms with Crippen LogP contribution in [0.4, 0.5) is 0 Å². The lowest BCUT2D eigenvalue weighted by Gasteiger charge is -2.11. The van der Waals surface area contributed by atoms with Crippen LogP contribution in [0, 0.1) is 0 Å². The van der Waals surface area contributed by atoms with Crippen LogP contribution >= 0.6 is 0 Å². The van der Waals surface area contributed by atoms with Gasteiger partial charge in [0.1, 0.15) is 5.75 Å². The third kappa shape index (κ3) is 5.17. The lowest BCUT2D eigenvalue weighted by Crippen LogP contribution is -2.19. The minimum absolute atomic E-state index is 0.147. The van der Waals surface area contributed by atoms with Gasteiger partial charge < -0.3 is 4.74 Å². The summed E-state index contributed by atoms with van der Waals surface area (Å²) in [5.74, 6) is 0.634. The van der Waals surface area contributed by atoms with Crippen LogP contribution in [0.1, 0.15) is 30.9 Å². The van der Waals surface area contributed by atoms with Crippen LogP contribution in [0.15, 0.2) is 71.8 Å². The normalized spacial score (nSPS) is 11.0. The number of hydrogen-bond donors (Lipinski definition) is 1. The van der Waals surface area contributed by atoms with Crippen molar-refractivity contribution in [1.82, 2.24) is 5.43 Å². The molecule has 4 nitrogen and oxygen atoms in total. The van der Waals surface area contributed by atoms with E-state index in [1.807, 2.05) is 60.7 Å². The topological polar surface area (TPSA) is 50.7 Å². The van der Waals surface area contributed by atoms with Gasteiger partial charge in [-0.2, -0.15) is 5.10 Å². The Balaban J connectivity index is 1.76. The van der Waals surface area contributed by atoms with Crippen LogP contribution in [0.5, 0.6) is 5.75 Å². The molecule has 3 rings (SSSR count). The lowest BCUT2D eigenvalue weighted by molar-refractivity contribution is -0.120. The summed E-state index contributed by atoms with van der Waals surface area (Å²) in [4.78, 5) is 12.1. The van der Waals surface area contributed by atoms with Gasteiger partial charge in [-0.1, -0.05) is 74.0 Å². The number of benzene rings is 3. The van der Waals surface area contributed by atoms with Crippen molar-refractivity contribution >= 4 is 22.9 Å². The minimum Gasteiger partial charge on any atom is -0.493 e. The fourth-order valence-corrected chi connectivity index (χ4v) is 2.85. The van der Waals surface area contributed by atoms with E-state index in [0.29, 0.717) is 13.0 Å². The van der Waals surface area contributed by atoms with Crippen molar-refractivity contribution in [2.45, 2.75) is 26.2 Å². The number of nitrogens with one attached hydrogen (secondary N) is 1. The molecule has 27 heavy (non-hydrogen) atoms. The first-order valence-corrected chi connectivity index (χ1v) is 9.28. The number of hydrazone groups is 1. The second-order valence-corrected chi connectivity index (χ2v) is 6.36. The summed E-state index contributed by atoms with van der Waals surface area (Å²) in [6.45, 7) is 2.80. The van der Waals surface area contributed by atoms with Crippen LogP contribution in [-0.4, -0.2) is 18.7 Å². The Kier molecular flexibility index (Phi) is 6.58. The third-order valence-electron chi connectivity index (χ3n) is 4.28. The van der Waals surface area contributed by atoms with Gasteiger partial charge in [-0.15, -0.1) is 0 Å². The molecular formula is C23H24N2O2. The molecule has 0 aliphatic carbocycles. The Morgan fingerprint density at radius 1 is 1.04 bits per heavy atom. The highest BCUT2D eigenvalue weighted by molar-refractivity contribution is 6.02. The maximum Gasteiger partial charge on any atom is 0.244 e. The van der Waals surface area contributed by atoms with Gasteiger partial charge in [0.2, 0.25) is 5.91 Å². The molecule has 1 N–H and O–H groups in total. The van der Waals surface area contributed by atoms with Gasteiger partial charge in [-0.05, 0) is 28.8 Å². The smallest absolute Gasteiger partial charge is 0.244 e. The van der Waals surface area contributed by atoms with Crippen molar-refractivity contribution in [2.24, 2.45) is 5.10 Å². The average molecular weight is 360 g/mol. The number of rotatable bonds is 8. The van der Waals surface area contributed by atoms with Crippen LogP contribution < -0.4 is 10.2 Å². The average Bonchev–Trinajstić information content (AvgIpc) is 2.70. The maximum atomic E-state index is 12.1. The molecule has 138 valence electrons. The monoisotopic (exact) mass is 360 g/mol. The molecule has 0 atom stereocenters. The first-order chi connectivity index (χ1) is 13.3. The van der Waals surface area contributed by atoms with E-state index in [2.05, 4.69) is 23.5 Å². The Morgan fingerprint density at radius 2 is 1.81 bits per heavy atom. The highest BCUT2D eigenvalue weighted by atomic mass is 16.5. The molecule has 0 heterocycles. The van der Waals surface area contributed by atoms with Gasteiger partial charge in [-0.3, -0.25) is 4.79 Å². The first kappa shape index (κ1) is 18.6. The zero-order chi connectivity index (χ0) is 18.9. The number of unbranched alkanes of at least 4 members (excludes halogenated alkanes) is 1. The highest BCUT2D eigenvalue weighted by Gasteiger charge is 2.08. The summed E-state index contributed by atoms with van der Waals surface area (Å²) < 4.78 is 5.93. The summed E-state index contributed by atoms with van der Waals surface area (Å²) in [5.41, 5.74) is 4.45. The first-order valence-electron chi connectivity index (χ1n) is 9.28. The molecule has 0 radical (unpaired) electrons. The number of carbonyl (C=O) groups excluding carboxylic acids is 1. The summed E-state index contributed by atoms with van der Waals surface area (Å²) in [7, 11) is 0. The fraction of sp³-hybridized carbons (Fsp3) is 0.217. The number of carbonyl (C=O) groups is 1. The van der Waals surface area contributed by atoms with Crippen molar-refractivity contribution in [2.75, 3.05) is 6.61 Å². The Bertz CT molecular complexity index is 920. The Morgan fingerprint density at radius 3 is 2.63 bits per heavy atom. The Labute approximate surface area is 159 Å². The second-order valence-electron chi connectivity index (χ2n) is 6.36. The molecule has 0 aromatic heterocycles. The van der Waals surface area contributed by atoms with E-state index in [9.17, 15) is 4.79 Å². The van der Waals surface area contributed by atoms with Gasteiger partial charge in [-0.25, -0.2) is 5.43 Å². The number of ether oxygens (including phenoxy) is 1. The minimum atomic E-state index is -0.147. The molecule has 4 heteroatoms. The standard InChI is InChI=1S/C23H24N2O2/c1-2-3-15-27-22-14-13-19-11-7-8-12-20(19)21(22)17-24-25-23(26)16-18-9-5-4-6-10-18/h4-14,17H,2-3,15-16H2,1H3,(H,25,26)/b24-17+. The lowest BCUT2D eigenvalue weighted by atomic mass is 10.0. The third-order valence-corrected chi connectivity index (χ3v) is 4.28. The molecule has 0 saturated heterocycles. The predicted octanol–water partition coefficient (Wildman–Crippen LogP) is 4.71. The van der Waals surface area contributed by atoms with Gasteiger partial charge in [0.05, 0.1) is 19.2 Å². The van der Waals surface area contributed by atoms with E-state index in [1.54, 1.807) is 6.21 Å². The molecule has 0 unspecified atom stereocenters. The van der Waals surface area contributed by atoms with E-state index in [1.165, 1.54) is 0 Å². The van der Waals surface area contributed by atoms with E-state index in [4.69, 9.17) is 4.74 Å². The molecule has 0 saturated carbocycles. The van der Waals surface area contributed by atoms with Crippen LogP contribution in [0.2, 0.25) is 0 Å². The van der Waals surface area contributed by atoms with Crippen LogP contribution in [0.25, 0.3) is 10.8 Å². The fourth-order valence-electron chi connectivity index (χ4n) is 2.85. The highest BCUT2D eigenvalue weighted by Crippen LogP contribution is 2.26. The summed E-state index contributed by atoms with van der Waals surface area (Å²) >= 11 is 0. The zero-order valence-corrected chi connectivity index (χ0v) is 15.5. The summed E-state index contributed by atoms with van der Waals surface area (Å²) in [5, 5.41) is 6.33. The molecule has 1 amide bonds. The molecule has 3 aromatic rings. The van der Waals surface area contributed by atoms with E-state index < -0.39 is 0 Å². The van der Waals surface area contributed by atoms with Crippen LogP contribution in [-0.2, 0) is 11.2 Å². The maximum absolute atomic E-state index is 12.1. The van der Waals surface area contributed by atoms with Crippen molar-refractivity contribution < 1.29 is 9.53 Å². The van der Waals surface area contributed by atoms with Crippen molar-refractivity contribution in [3.8, 4) is 5.75 Å². The number of fused-ring (bicyclic) bond motifs is 1. The predicted molar refractivity (Wildman–Crippen MR) is 110 cm³/mol. The molecule has 0 aliphatic rings. The van der Waals surface area contributed by atoms with Gasteiger partial charge >= 0.3 is 0 Å². The summed E-state index contributed by atoms with van der Waals surface area (Å²) in [6, 6.07) is 21.7.